The molecule has 8 nitrogen and oxygen atoms in total. The molecule has 2 atom stereocenters. The van der Waals surface area contributed by atoms with Crippen LogP contribution in [0, 0.1) is 0 Å². The maximum absolute atomic E-state index is 13.2. The van der Waals surface area contributed by atoms with Crippen LogP contribution >= 0.6 is 11.3 Å². The second-order valence-corrected chi connectivity index (χ2v) is 9.45. The molecule has 3 N–H and O–H groups in total. The molecule has 0 bridgehead atoms. The van der Waals surface area contributed by atoms with Gasteiger partial charge in [-0.3, -0.25) is 14.5 Å². The summed E-state index contributed by atoms with van der Waals surface area (Å²) in [5, 5.41) is 9.56. The molecule has 2 aromatic heterocycles. The van der Waals surface area contributed by atoms with Crippen molar-refractivity contribution in [2.75, 3.05) is 10.2 Å². The van der Waals surface area contributed by atoms with Gasteiger partial charge in [0.15, 0.2) is 0 Å². The Morgan fingerprint density at radius 3 is 2.54 bits per heavy atom. The van der Waals surface area contributed by atoms with Gasteiger partial charge in [-0.1, -0.05) is 45.0 Å². The molecule has 0 spiro atoms. The van der Waals surface area contributed by atoms with Crippen molar-refractivity contribution in [3.63, 3.8) is 0 Å². The summed E-state index contributed by atoms with van der Waals surface area (Å²) in [6, 6.07) is 10.5. The number of urea groups is 1. The van der Waals surface area contributed by atoms with Gasteiger partial charge in [-0.05, 0) is 43.5 Å². The number of para-hydroxylation sites is 1. The molecule has 3 aromatic rings. The van der Waals surface area contributed by atoms with Crippen molar-refractivity contribution < 1.29 is 14.4 Å². The molecular formula is C26H29N5O3S. The zero-order valence-corrected chi connectivity index (χ0v) is 20.7. The van der Waals surface area contributed by atoms with Crippen molar-refractivity contribution in [3.05, 3.63) is 60.1 Å². The predicted molar refractivity (Wildman–Crippen MR) is 140 cm³/mol. The number of hydrogen-bond donors (Lipinski definition) is 3. The SMILES string of the molecule is C=CC(=O)NC1CCCC1NC(=O)c1sc2nccc3c2c1NC(=O)N3c1ccccc1.CCC. The van der Waals surface area contributed by atoms with Gasteiger partial charge in [0, 0.05) is 18.3 Å². The normalized spacial score (nSPS) is 18.3. The van der Waals surface area contributed by atoms with Gasteiger partial charge in [-0.15, -0.1) is 11.3 Å². The minimum Gasteiger partial charge on any atom is -0.348 e. The third-order valence-electron chi connectivity index (χ3n) is 5.81. The van der Waals surface area contributed by atoms with Gasteiger partial charge in [-0.2, -0.15) is 0 Å². The first-order valence-electron chi connectivity index (χ1n) is 11.8. The van der Waals surface area contributed by atoms with Crippen LogP contribution in [0.4, 0.5) is 21.9 Å². The first-order chi connectivity index (χ1) is 17.0. The van der Waals surface area contributed by atoms with Crippen molar-refractivity contribution in [1.29, 1.82) is 0 Å². The van der Waals surface area contributed by atoms with Gasteiger partial charge in [0.1, 0.15) is 9.71 Å². The Hall–Kier alpha value is -3.72. The van der Waals surface area contributed by atoms with Crippen LogP contribution in [0.1, 0.15) is 49.2 Å². The van der Waals surface area contributed by atoms with Gasteiger partial charge in [0.05, 0.1) is 22.4 Å². The van der Waals surface area contributed by atoms with E-state index in [1.807, 2.05) is 30.3 Å². The Morgan fingerprint density at radius 1 is 1.17 bits per heavy atom. The smallest absolute Gasteiger partial charge is 0.331 e. The molecule has 1 aliphatic heterocycles. The number of aromatic nitrogens is 1. The number of carbonyl (C=O) groups excluding carboxylic acids is 3. The van der Waals surface area contributed by atoms with E-state index in [2.05, 4.69) is 41.4 Å². The summed E-state index contributed by atoms with van der Waals surface area (Å²) >= 11 is 1.24. The van der Waals surface area contributed by atoms with Crippen LogP contribution < -0.4 is 20.9 Å². The molecule has 0 radical (unpaired) electrons. The Bertz CT molecular complexity index is 1260. The maximum Gasteiger partial charge on any atom is 0.331 e. The van der Waals surface area contributed by atoms with Crippen LogP contribution in [0.25, 0.3) is 10.2 Å². The van der Waals surface area contributed by atoms with Gasteiger partial charge in [0.2, 0.25) is 5.91 Å². The van der Waals surface area contributed by atoms with E-state index in [0.29, 0.717) is 21.1 Å². The highest BCUT2D eigenvalue weighted by Gasteiger charge is 2.35. The number of amides is 4. The van der Waals surface area contributed by atoms with E-state index in [0.717, 1.165) is 30.3 Å². The predicted octanol–water partition coefficient (Wildman–Crippen LogP) is 5.35. The average Bonchev–Trinajstić information content (AvgIpc) is 3.45. The minimum absolute atomic E-state index is 0.146. The second kappa shape index (κ2) is 10.7. The fourth-order valence-electron chi connectivity index (χ4n) is 4.36. The molecule has 35 heavy (non-hydrogen) atoms. The molecule has 1 aliphatic carbocycles. The lowest BCUT2D eigenvalue weighted by molar-refractivity contribution is -0.117. The van der Waals surface area contributed by atoms with Gasteiger partial charge in [-0.25, -0.2) is 9.78 Å². The summed E-state index contributed by atoms with van der Waals surface area (Å²) in [5.74, 6) is -0.539. The second-order valence-electron chi connectivity index (χ2n) is 8.45. The average molecular weight is 492 g/mol. The third-order valence-corrected chi connectivity index (χ3v) is 6.91. The molecule has 0 saturated heterocycles. The van der Waals surface area contributed by atoms with Gasteiger partial charge >= 0.3 is 6.03 Å². The highest BCUT2D eigenvalue weighted by atomic mass is 32.1. The molecule has 1 saturated carbocycles. The van der Waals surface area contributed by atoms with Crippen molar-refractivity contribution in [2.45, 2.75) is 51.6 Å². The quantitative estimate of drug-likeness (QED) is 0.419. The first-order valence-corrected chi connectivity index (χ1v) is 12.6. The van der Waals surface area contributed by atoms with E-state index >= 15 is 0 Å². The van der Waals surface area contributed by atoms with Crippen LogP contribution in [0.3, 0.4) is 0 Å². The van der Waals surface area contributed by atoms with Crippen molar-refractivity contribution in [1.82, 2.24) is 15.6 Å². The number of rotatable bonds is 5. The Morgan fingerprint density at radius 2 is 1.86 bits per heavy atom. The summed E-state index contributed by atoms with van der Waals surface area (Å²) in [7, 11) is 0. The lowest BCUT2D eigenvalue weighted by Gasteiger charge is -2.28. The molecular weight excluding hydrogens is 462 g/mol. The van der Waals surface area contributed by atoms with E-state index in [1.165, 1.54) is 23.8 Å². The molecule has 182 valence electrons. The molecule has 3 heterocycles. The number of thiophene rings is 1. The van der Waals surface area contributed by atoms with Crippen LogP contribution in [-0.2, 0) is 4.79 Å². The van der Waals surface area contributed by atoms with E-state index in [9.17, 15) is 14.4 Å². The van der Waals surface area contributed by atoms with Crippen molar-refractivity contribution in [2.24, 2.45) is 0 Å². The molecule has 9 heteroatoms. The van der Waals surface area contributed by atoms with Crippen LogP contribution in [0.2, 0.25) is 0 Å². The third kappa shape index (κ3) is 4.90. The number of anilines is 3. The lowest BCUT2D eigenvalue weighted by Crippen LogP contribution is -2.48. The lowest BCUT2D eigenvalue weighted by atomic mass is 10.1. The van der Waals surface area contributed by atoms with E-state index in [-0.39, 0.29) is 29.9 Å². The topological polar surface area (TPSA) is 103 Å². The highest BCUT2D eigenvalue weighted by molar-refractivity contribution is 7.21. The number of nitrogens with zero attached hydrogens (tertiary/aromatic N) is 2. The maximum atomic E-state index is 13.2. The minimum atomic E-state index is -0.333. The van der Waals surface area contributed by atoms with Crippen LogP contribution in [-0.4, -0.2) is 34.9 Å². The fourth-order valence-corrected chi connectivity index (χ4v) is 5.38. The molecule has 5 rings (SSSR count). The summed E-state index contributed by atoms with van der Waals surface area (Å²) in [5.41, 5.74) is 1.90. The number of nitrogens with one attached hydrogen (secondary N) is 3. The Labute approximate surface area is 208 Å². The molecule has 4 amide bonds. The standard InChI is InChI=1S/C23H21N5O3S.C3H8/c1-2-17(29)25-14-9-6-10-15(14)26-21(30)20-19-18-16(11-12-24-22(18)32-20)28(23(31)27-19)13-7-4-3-5-8-13;1-3-2/h2-5,7-8,11-12,14-15H,1,6,9-10H2,(H,25,29)(H,26,30)(H,27,31);3H2,1-2H3. The molecule has 1 fully saturated rings. The molecule has 1 aromatic carbocycles. The van der Waals surface area contributed by atoms with E-state index < -0.39 is 0 Å². The summed E-state index contributed by atoms with van der Waals surface area (Å²) < 4.78 is 0. The molecule has 2 unspecified atom stereocenters. The van der Waals surface area contributed by atoms with Crippen LogP contribution in [0.5, 0.6) is 0 Å². The largest absolute Gasteiger partial charge is 0.348 e. The number of benzene rings is 1. The van der Waals surface area contributed by atoms with Crippen molar-refractivity contribution in [3.8, 4) is 0 Å². The van der Waals surface area contributed by atoms with Gasteiger partial charge < -0.3 is 16.0 Å². The summed E-state index contributed by atoms with van der Waals surface area (Å²) in [4.78, 5) is 45.1. The summed E-state index contributed by atoms with van der Waals surface area (Å²) in [6.45, 7) is 7.73. The van der Waals surface area contributed by atoms with E-state index in [4.69, 9.17) is 0 Å². The van der Waals surface area contributed by atoms with Crippen LogP contribution in [0.15, 0.2) is 55.3 Å². The monoisotopic (exact) mass is 491 g/mol. The number of pyridine rings is 1. The number of carbonyl (C=O) groups is 3. The zero-order valence-electron chi connectivity index (χ0n) is 19.8. The summed E-state index contributed by atoms with van der Waals surface area (Å²) in [6.07, 6.45) is 6.59. The fraction of sp³-hybridized carbons (Fsp3) is 0.308. The van der Waals surface area contributed by atoms with E-state index in [1.54, 1.807) is 17.2 Å². The van der Waals surface area contributed by atoms with Crippen molar-refractivity contribution >= 4 is 56.5 Å². The Balaban J connectivity index is 0.000000917. The Kier molecular flexibility index (Phi) is 7.45. The zero-order chi connectivity index (χ0) is 24.9. The highest BCUT2D eigenvalue weighted by Crippen LogP contribution is 2.45. The number of hydrogen-bond acceptors (Lipinski definition) is 5. The molecule has 2 aliphatic rings. The van der Waals surface area contributed by atoms with Gasteiger partial charge in [0.25, 0.3) is 5.91 Å². The first kappa shape index (κ1) is 24.4.